The van der Waals surface area contributed by atoms with Gasteiger partial charge in [0.25, 0.3) is 0 Å². The van der Waals surface area contributed by atoms with Gasteiger partial charge < -0.3 is 0 Å². The number of hydrogen-bond donors (Lipinski definition) is 1. The van der Waals surface area contributed by atoms with E-state index < -0.39 is 0 Å². The standard InChI is InChI=1S/C19H20N4/c1-11-17(10-20-19(21-11)16-8-9-16)14-4-6-15(7-5-14)18-12(2)22-23-13(18)3/h4-7,10,16H,8-9H2,1-3H3,(H,22,23). The highest BCUT2D eigenvalue weighted by Crippen LogP contribution is 2.38. The van der Waals surface area contributed by atoms with Crippen LogP contribution in [0.2, 0.25) is 0 Å². The molecular formula is C19H20N4. The van der Waals surface area contributed by atoms with Crippen molar-refractivity contribution in [2.75, 3.05) is 0 Å². The van der Waals surface area contributed by atoms with Gasteiger partial charge in [0, 0.05) is 34.6 Å². The highest BCUT2D eigenvalue weighted by molar-refractivity contribution is 5.73. The fraction of sp³-hybridized carbons (Fsp3) is 0.316. The molecule has 4 nitrogen and oxygen atoms in total. The minimum Gasteiger partial charge on any atom is -0.282 e. The van der Waals surface area contributed by atoms with Gasteiger partial charge >= 0.3 is 0 Å². The first kappa shape index (κ1) is 14.1. The number of aromatic amines is 1. The van der Waals surface area contributed by atoms with Gasteiger partial charge in [-0.15, -0.1) is 0 Å². The van der Waals surface area contributed by atoms with E-state index in [4.69, 9.17) is 0 Å². The highest BCUT2D eigenvalue weighted by Gasteiger charge is 2.26. The van der Waals surface area contributed by atoms with Gasteiger partial charge in [0.15, 0.2) is 0 Å². The van der Waals surface area contributed by atoms with Crippen molar-refractivity contribution in [3.63, 3.8) is 0 Å². The second kappa shape index (κ2) is 5.30. The minimum atomic E-state index is 0.595. The molecular weight excluding hydrogens is 284 g/mol. The van der Waals surface area contributed by atoms with Crippen molar-refractivity contribution in [3.05, 3.63) is 53.4 Å². The number of nitrogens with zero attached hydrogens (tertiary/aromatic N) is 3. The van der Waals surface area contributed by atoms with Gasteiger partial charge in [-0.2, -0.15) is 5.10 Å². The maximum absolute atomic E-state index is 4.69. The number of benzene rings is 1. The van der Waals surface area contributed by atoms with Crippen molar-refractivity contribution in [3.8, 4) is 22.3 Å². The van der Waals surface area contributed by atoms with Crippen LogP contribution < -0.4 is 0 Å². The van der Waals surface area contributed by atoms with E-state index in [-0.39, 0.29) is 0 Å². The van der Waals surface area contributed by atoms with E-state index in [9.17, 15) is 0 Å². The van der Waals surface area contributed by atoms with Crippen LogP contribution in [0.5, 0.6) is 0 Å². The van der Waals surface area contributed by atoms with E-state index >= 15 is 0 Å². The van der Waals surface area contributed by atoms with E-state index in [0.29, 0.717) is 5.92 Å². The molecule has 2 aromatic heterocycles. The van der Waals surface area contributed by atoms with E-state index in [1.807, 2.05) is 13.1 Å². The maximum Gasteiger partial charge on any atom is 0.131 e. The third-order valence-corrected chi connectivity index (χ3v) is 4.55. The number of nitrogens with one attached hydrogen (secondary N) is 1. The topological polar surface area (TPSA) is 54.5 Å². The van der Waals surface area contributed by atoms with Crippen molar-refractivity contribution in [1.82, 2.24) is 20.2 Å². The molecule has 1 fully saturated rings. The Hall–Kier alpha value is -2.49. The SMILES string of the molecule is Cc1nc(C2CC2)ncc1-c1ccc(-c2c(C)n[nH]c2C)cc1. The summed E-state index contributed by atoms with van der Waals surface area (Å²) in [7, 11) is 0. The Labute approximate surface area is 136 Å². The van der Waals surface area contributed by atoms with E-state index in [1.54, 1.807) is 0 Å². The summed E-state index contributed by atoms with van der Waals surface area (Å²) in [5.41, 5.74) is 7.84. The predicted octanol–water partition coefficient (Wildman–Crippen LogP) is 4.34. The van der Waals surface area contributed by atoms with Crippen LogP contribution in [0.4, 0.5) is 0 Å². The molecule has 1 N–H and O–H groups in total. The summed E-state index contributed by atoms with van der Waals surface area (Å²) in [6.45, 7) is 6.15. The molecule has 0 spiro atoms. The molecule has 0 aliphatic heterocycles. The molecule has 1 aliphatic carbocycles. The molecule has 1 aliphatic rings. The summed E-state index contributed by atoms with van der Waals surface area (Å²) in [6, 6.07) is 8.58. The first-order valence-corrected chi connectivity index (χ1v) is 8.09. The van der Waals surface area contributed by atoms with E-state index in [1.165, 1.54) is 24.0 Å². The average molecular weight is 304 g/mol. The monoisotopic (exact) mass is 304 g/mol. The van der Waals surface area contributed by atoms with Crippen molar-refractivity contribution >= 4 is 0 Å². The molecule has 1 saturated carbocycles. The molecule has 116 valence electrons. The molecule has 0 amide bonds. The Morgan fingerprint density at radius 3 is 2.22 bits per heavy atom. The number of H-pyrrole nitrogens is 1. The Balaban J connectivity index is 1.68. The normalized spacial score (nSPS) is 14.2. The zero-order chi connectivity index (χ0) is 16.0. The lowest BCUT2D eigenvalue weighted by Gasteiger charge is -2.08. The molecule has 1 aromatic carbocycles. The zero-order valence-corrected chi connectivity index (χ0v) is 13.7. The fourth-order valence-electron chi connectivity index (χ4n) is 3.10. The average Bonchev–Trinajstić information content (AvgIpc) is 3.34. The van der Waals surface area contributed by atoms with Gasteiger partial charge in [0.1, 0.15) is 5.82 Å². The van der Waals surface area contributed by atoms with Crippen LogP contribution in [0.25, 0.3) is 22.3 Å². The number of hydrogen-bond acceptors (Lipinski definition) is 3. The fourth-order valence-corrected chi connectivity index (χ4v) is 3.10. The molecule has 2 heterocycles. The maximum atomic E-state index is 4.69. The van der Waals surface area contributed by atoms with Crippen molar-refractivity contribution < 1.29 is 0 Å². The molecule has 4 heteroatoms. The van der Waals surface area contributed by atoms with Crippen LogP contribution in [0, 0.1) is 20.8 Å². The van der Waals surface area contributed by atoms with Crippen molar-refractivity contribution in [1.29, 1.82) is 0 Å². The molecule has 0 radical (unpaired) electrons. The van der Waals surface area contributed by atoms with Crippen molar-refractivity contribution in [2.24, 2.45) is 0 Å². The summed E-state index contributed by atoms with van der Waals surface area (Å²) < 4.78 is 0. The first-order chi connectivity index (χ1) is 11.1. The smallest absolute Gasteiger partial charge is 0.131 e. The molecule has 4 rings (SSSR count). The minimum absolute atomic E-state index is 0.595. The van der Waals surface area contributed by atoms with E-state index in [0.717, 1.165) is 34.0 Å². The Kier molecular flexibility index (Phi) is 3.26. The second-order valence-electron chi connectivity index (χ2n) is 6.39. The second-order valence-corrected chi connectivity index (χ2v) is 6.39. The summed E-state index contributed by atoms with van der Waals surface area (Å²) >= 11 is 0. The lowest BCUT2D eigenvalue weighted by atomic mass is 9.99. The molecule has 0 unspecified atom stereocenters. The van der Waals surface area contributed by atoms with Gasteiger partial charge in [0.2, 0.25) is 0 Å². The summed E-state index contributed by atoms with van der Waals surface area (Å²) in [5.74, 6) is 1.60. The predicted molar refractivity (Wildman–Crippen MR) is 91.2 cm³/mol. The number of rotatable bonds is 3. The van der Waals surface area contributed by atoms with Crippen LogP contribution in [0.15, 0.2) is 30.5 Å². The lowest BCUT2D eigenvalue weighted by molar-refractivity contribution is 0.908. The Morgan fingerprint density at radius 2 is 1.65 bits per heavy atom. The van der Waals surface area contributed by atoms with Gasteiger partial charge in [-0.25, -0.2) is 9.97 Å². The Bertz CT molecular complexity index is 838. The highest BCUT2D eigenvalue weighted by atomic mass is 15.1. The largest absolute Gasteiger partial charge is 0.282 e. The number of aryl methyl sites for hydroxylation is 3. The Morgan fingerprint density at radius 1 is 0.957 bits per heavy atom. The van der Waals surface area contributed by atoms with Gasteiger partial charge in [0.05, 0.1) is 5.69 Å². The summed E-state index contributed by atoms with van der Waals surface area (Å²) in [5, 5.41) is 7.32. The van der Waals surface area contributed by atoms with Crippen LogP contribution in [-0.4, -0.2) is 20.2 Å². The molecule has 3 aromatic rings. The molecule has 0 bridgehead atoms. The quantitative estimate of drug-likeness (QED) is 0.783. The van der Waals surface area contributed by atoms with Gasteiger partial charge in [-0.1, -0.05) is 24.3 Å². The summed E-state index contributed by atoms with van der Waals surface area (Å²) in [6.07, 6.45) is 4.44. The molecule has 0 saturated heterocycles. The molecule has 23 heavy (non-hydrogen) atoms. The van der Waals surface area contributed by atoms with Crippen LogP contribution in [0.3, 0.4) is 0 Å². The first-order valence-electron chi connectivity index (χ1n) is 8.09. The third-order valence-electron chi connectivity index (χ3n) is 4.55. The van der Waals surface area contributed by atoms with Crippen LogP contribution in [0.1, 0.15) is 41.7 Å². The number of aromatic nitrogens is 4. The van der Waals surface area contributed by atoms with Crippen LogP contribution in [-0.2, 0) is 0 Å². The summed E-state index contributed by atoms with van der Waals surface area (Å²) in [4.78, 5) is 9.24. The zero-order valence-electron chi connectivity index (χ0n) is 13.7. The van der Waals surface area contributed by atoms with Gasteiger partial charge in [-0.3, -0.25) is 5.10 Å². The van der Waals surface area contributed by atoms with Crippen molar-refractivity contribution in [2.45, 2.75) is 39.5 Å². The van der Waals surface area contributed by atoms with E-state index in [2.05, 4.69) is 58.3 Å². The molecule has 0 atom stereocenters. The van der Waals surface area contributed by atoms with Crippen LogP contribution >= 0.6 is 0 Å². The third kappa shape index (κ3) is 2.54. The lowest BCUT2D eigenvalue weighted by Crippen LogP contribution is -1.97. The van der Waals surface area contributed by atoms with Gasteiger partial charge in [-0.05, 0) is 44.7 Å².